The highest BCUT2D eigenvalue weighted by Crippen LogP contribution is 2.30. The largest absolute Gasteiger partial charge is 0.372 e. The van der Waals surface area contributed by atoms with Crippen LogP contribution in [0.5, 0.6) is 0 Å². The Hall–Kier alpha value is -0.680. The van der Waals surface area contributed by atoms with E-state index in [1.54, 1.807) is 0 Å². The van der Waals surface area contributed by atoms with Crippen molar-refractivity contribution in [3.8, 4) is 0 Å². The van der Waals surface area contributed by atoms with E-state index in [4.69, 9.17) is 4.74 Å². The van der Waals surface area contributed by atoms with Crippen molar-refractivity contribution < 1.29 is 4.74 Å². The van der Waals surface area contributed by atoms with Crippen molar-refractivity contribution in [1.82, 2.24) is 9.97 Å². The van der Waals surface area contributed by atoms with Gasteiger partial charge >= 0.3 is 0 Å². The minimum atomic E-state index is 0.0745. The van der Waals surface area contributed by atoms with E-state index in [0.717, 1.165) is 47.7 Å². The van der Waals surface area contributed by atoms with E-state index in [9.17, 15) is 0 Å². The lowest BCUT2D eigenvalue weighted by Crippen LogP contribution is -2.09. The molecule has 0 aliphatic carbocycles. The van der Waals surface area contributed by atoms with Gasteiger partial charge in [0.25, 0.3) is 0 Å². The zero-order valence-electron chi connectivity index (χ0n) is 9.59. The number of anilines is 1. The smallest absolute Gasteiger partial charge is 0.159 e. The van der Waals surface area contributed by atoms with Gasteiger partial charge in [0.1, 0.15) is 11.9 Å². The second-order valence-electron chi connectivity index (χ2n) is 3.80. The number of rotatable bonds is 3. The van der Waals surface area contributed by atoms with Crippen molar-refractivity contribution >= 4 is 21.7 Å². The van der Waals surface area contributed by atoms with Gasteiger partial charge in [-0.2, -0.15) is 0 Å². The normalized spacial score (nSPS) is 20.1. The first-order chi connectivity index (χ1) is 7.76. The Morgan fingerprint density at radius 1 is 1.50 bits per heavy atom. The predicted molar refractivity (Wildman–Crippen MR) is 66.6 cm³/mol. The van der Waals surface area contributed by atoms with Crippen LogP contribution >= 0.6 is 15.9 Å². The maximum atomic E-state index is 5.61. The van der Waals surface area contributed by atoms with Gasteiger partial charge in [0.15, 0.2) is 5.82 Å². The average Bonchev–Trinajstić information content (AvgIpc) is 2.83. The molecule has 0 aromatic carbocycles. The lowest BCUT2D eigenvalue weighted by Gasteiger charge is -2.13. The minimum absolute atomic E-state index is 0.0745. The van der Waals surface area contributed by atoms with Gasteiger partial charge in [-0.25, -0.2) is 9.97 Å². The van der Waals surface area contributed by atoms with Crippen molar-refractivity contribution in [3.63, 3.8) is 0 Å². The highest BCUT2D eigenvalue weighted by molar-refractivity contribution is 9.10. The Morgan fingerprint density at radius 2 is 2.31 bits per heavy atom. The van der Waals surface area contributed by atoms with Crippen molar-refractivity contribution in [2.75, 3.05) is 19.0 Å². The van der Waals surface area contributed by atoms with E-state index < -0.39 is 0 Å². The summed E-state index contributed by atoms with van der Waals surface area (Å²) in [5.41, 5.74) is 1.03. The van der Waals surface area contributed by atoms with Crippen molar-refractivity contribution in [1.29, 1.82) is 0 Å². The molecule has 1 saturated heterocycles. The summed E-state index contributed by atoms with van der Waals surface area (Å²) in [5.74, 6) is 1.65. The highest BCUT2D eigenvalue weighted by Gasteiger charge is 2.22. The van der Waals surface area contributed by atoms with Crippen LogP contribution in [0.25, 0.3) is 0 Å². The molecule has 5 heteroatoms. The molecule has 1 N–H and O–H groups in total. The van der Waals surface area contributed by atoms with Crippen LogP contribution in [0.2, 0.25) is 0 Å². The molecule has 1 aromatic heterocycles. The van der Waals surface area contributed by atoms with Crippen LogP contribution in [-0.2, 0) is 11.2 Å². The van der Waals surface area contributed by atoms with Gasteiger partial charge in [-0.05, 0) is 35.2 Å². The van der Waals surface area contributed by atoms with E-state index in [1.165, 1.54) is 0 Å². The SMILES string of the molecule is CCc1nc(C2CCCO2)nc(NC)c1Br. The Kier molecular flexibility index (Phi) is 3.76. The van der Waals surface area contributed by atoms with Gasteiger partial charge in [-0.1, -0.05) is 6.92 Å². The summed E-state index contributed by atoms with van der Waals surface area (Å²) >= 11 is 3.52. The topological polar surface area (TPSA) is 47.0 Å². The first-order valence-electron chi connectivity index (χ1n) is 5.62. The number of hydrogen-bond acceptors (Lipinski definition) is 4. The zero-order chi connectivity index (χ0) is 11.5. The number of halogens is 1. The van der Waals surface area contributed by atoms with Crippen molar-refractivity contribution in [2.45, 2.75) is 32.3 Å². The van der Waals surface area contributed by atoms with Gasteiger partial charge in [-0.15, -0.1) is 0 Å². The molecular formula is C11H16BrN3O. The third kappa shape index (κ3) is 2.20. The lowest BCUT2D eigenvalue weighted by atomic mass is 10.2. The number of nitrogens with one attached hydrogen (secondary N) is 1. The lowest BCUT2D eigenvalue weighted by molar-refractivity contribution is 0.105. The fourth-order valence-corrected chi connectivity index (χ4v) is 2.49. The maximum absolute atomic E-state index is 5.61. The summed E-state index contributed by atoms with van der Waals surface area (Å²) in [6.07, 6.45) is 3.08. The number of aromatic nitrogens is 2. The third-order valence-corrected chi connectivity index (χ3v) is 3.56. The van der Waals surface area contributed by atoms with E-state index in [1.807, 2.05) is 7.05 Å². The molecule has 1 fully saturated rings. The van der Waals surface area contributed by atoms with Gasteiger partial charge in [-0.3, -0.25) is 0 Å². The standard InChI is InChI=1S/C11H16BrN3O/c1-3-7-9(12)11(13-2)15-10(14-7)8-5-4-6-16-8/h8H,3-6H2,1-2H3,(H,13,14,15). The van der Waals surface area contributed by atoms with Gasteiger partial charge in [0.05, 0.1) is 10.2 Å². The number of aryl methyl sites for hydroxylation is 1. The monoisotopic (exact) mass is 285 g/mol. The summed E-state index contributed by atoms with van der Waals surface area (Å²) in [4.78, 5) is 9.05. The minimum Gasteiger partial charge on any atom is -0.372 e. The molecule has 2 rings (SSSR count). The number of hydrogen-bond donors (Lipinski definition) is 1. The second kappa shape index (κ2) is 5.10. The first kappa shape index (κ1) is 11.8. The first-order valence-corrected chi connectivity index (χ1v) is 6.41. The Bertz CT molecular complexity index is 352. The van der Waals surface area contributed by atoms with Crippen LogP contribution in [0.1, 0.15) is 37.4 Å². The molecule has 0 spiro atoms. The molecule has 1 aliphatic rings. The third-order valence-electron chi connectivity index (χ3n) is 2.73. The molecule has 1 atom stereocenters. The predicted octanol–water partition coefficient (Wildman–Crippen LogP) is 2.69. The molecule has 1 aromatic rings. The van der Waals surface area contributed by atoms with Crippen LogP contribution in [-0.4, -0.2) is 23.6 Å². The van der Waals surface area contributed by atoms with Gasteiger partial charge < -0.3 is 10.1 Å². The fourth-order valence-electron chi connectivity index (χ4n) is 1.84. The molecule has 2 heterocycles. The van der Waals surface area contributed by atoms with Crippen molar-refractivity contribution in [3.05, 3.63) is 16.0 Å². The summed E-state index contributed by atoms with van der Waals surface area (Å²) in [6, 6.07) is 0. The van der Waals surface area contributed by atoms with Gasteiger partial charge in [0, 0.05) is 13.7 Å². The summed E-state index contributed by atoms with van der Waals surface area (Å²) in [5, 5.41) is 3.08. The summed E-state index contributed by atoms with van der Waals surface area (Å²) in [7, 11) is 1.87. The number of nitrogens with zero attached hydrogens (tertiary/aromatic N) is 2. The van der Waals surface area contributed by atoms with Crippen LogP contribution in [0.3, 0.4) is 0 Å². The number of ether oxygens (including phenoxy) is 1. The van der Waals surface area contributed by atoms with Crippen LogP contribution < -0.4 is 5.32 Å². The molecular weight excluding hydrogens is 270 g/mol. The second-order valence-corrected chi connectivity index (χ2v) is 4.59. The molecule has 16 heavy (non-hydrogen) atoms. The zero-order valence-corrected chi connectivity index (χ0v) is 11.2. The molecule has 88 valence electrons. The van der Waals surface area contributed by atoms with E-state index in [-0.39, 0.29) is 6.10 Å². The average molecular weight is 286 g/mol. The quantitative estimate of drug-likeness (QED) is 0.928. The van der Waals surface area contributed by atoms with E-state index >= 15 is 0 Å². The van der Waals surface area contributed by atoms with Crippen LogP contribution in [0, 0.1) is 0 Å². The molecule has 4 nitrogen and oxygen atoms in total. The Balaban J connectivity index is 2.37. The Morgan fingerprint density at radius 3 is 2.88 bits per heavy atom. The fraction of sp³-hybridized carbons (Fsp3) is 0.636. The Labute approximate surface area is 104 Å². The van der Waals surface area contributed by atoms with Crippen LogP contribution in [0.4, 0.5) is 5.82 Å². The molecule has 1 unspecified atom stereocenters. The molecule has 1 aliphatic heterocycles. The summed E-state index contributed by atoms with van der Waals surface area (Å²) < 4.78 is 6.57. The van der Waals surface area contributed by atoms with E-state index in [2.05, 4.69) is 38.1 Å². The molecule has 0 saturated carbocycles. The maximum Gasteiger partial charge on any atom is 0.159 e. The summed E-state index contributed by atoms with van der Waals surface area (Å²) in [6.45, 7) is 2.91. The van der Waals surface area contributed by atoms with E-state index in [0.29, 0.717) is 0 Å². The highest BCUT2D eigenvalue weighted by atomic mass is 79.9. The molecule has 0 radical (unpaired) electrons. The van der Waals surface area contributed by atoms with Crippen LogP contribution in [0.15, 0.2) is 4.47 Å². The van der Waals surface area contributed by atoms with Gasteiger partial charge in [0.2, 0.25) is 0 Å². The molecule has 0 amide bonds. The van der Waals surface area contributed by atoms with Crippen molar-refractivity contribution in [2.24, 2.45) is 0 Å². The molecule has 0 bridgehead atoms.